The fraction of sp³-hybridized carbons (Fsp3) is 0.714. The van der Waals surface area contributed by atoms with E-state index in [1.54, 1.807) is 5.56 Å². The summed E-state index contributed by atoms with van der Waals surface area (Å²) in [4.78, 5) is 0. The summed E-state index contributed by atoms with van der Waals surface area (Å²) in [7, 11) is -0.791. The van der Waals surface area contributed by atoms with Gasteiger partial charge in [0.2, 0.25) is 0 Å². The smallest absolute Gasteiger partial charge is 0.0842 e. The van der Waals surface area contributed by atoms with Crippen molar-refractivity contribution >= 4 is 32.1 Å². The Morgan fingerprint density at radius 3 is 1.33 bits per heavy atom. The molecular weight excluding hydrogens is 354 g/mol. The Kier molecular flexibility index (Phi) is 17.1. The van der Waals surface area contributed by atoms with Crippen LogP contribution in [0.4, 0.5) is 0 Å². The SMILES string of the molecule is CCCC[P+](CCCC)(CCCC)Cc1ccc(CC)cc1.Cl.Cl. The lowest BCUT2D eigenvalue weighted by Gasteiger charge is -2.28. The molecule has 0 amide bonds. The molecule has 0 atom stereocenters. The maximum Gasteiger partial charge on any atom is 0.0842 e. The summed E-state index contributed by atoms with van der Waals surface area (Å²) < 4.78 is 0. The van der Waals surface area contributed by atoms with Gasteiger partial charge >= 0.3 is 0 Å². The molecule has 0 unspecified atom stereocenters. The lowest BCUT2D eigenvalue weighted by molar-refractivity contribution is 0.832. The van der Waals surface area contributed by atoms with Gasteiger partial charge in [-0.3, -0.25) is 0 Å². The topological polar surface area (TPSA) is 0 Å². The molecule has 0 radical (unpaired) electrons. The van der Waals surface area contributed by atoms with E-state index in [4.69, 9.17) is 0 Å². The van der Waals surface area contributed by atoms with Crippen LogP contribution in [0.25, 0.3) is 0 Å². The largest absolute Gasteiger partial charge is 0.147 e. The summed E-state index contributed by atoms with van der Waals surface area (Å²) in [6, 6.07) is 9.53. The molecule has 0 saturated carbocycles. The first-order valence-electron chi connectivity index (χ1n) is 9.62. The Morgan fingerprint density at radius 1 is 0.625 bits per heavy atom. The number of hydrogen-bond donors (Lipinski definition) is 0. The van der Waals surface area contributed by atoms with E-state index >= 15 is 0 Å². The molecule has 0 nitrogen and oxygen atoms in total. The molecule has 24 heavy (non-hydrogen) atoms. The minimum Gasteiger partial charge on any atom is -0.147 e. The third-order valence-electron chi connectivity index (χ3n) is 4.91. The van der Waals surface area contributed by atoms with Crippen LogP contribution in [0.3, 0.4) is 0 Å². The summed E-state index contributed by atoms with van der Waals surface area (Å²) >= 11 is 0. The van der Waals surface area contributed by atoms with Crippen molar-refractivity contribution < 1.29 is 0 Å². The quantitative estimate of drug-likeness (QED) is 0.315. The van der Waals surface area contributed by atoms with Crippen LogP contribution in [-0.4, -0.2) is 18.5 Å². The van der Waals surface area contributed by atoms with Gasteiger partial charge in [0.05, 0.1) is 24.6 Å². The first-order chi connectivity index (χ1) is 10.7. The fourth-order valence-corrected chi connectivity index (χ4v) is 8.41. The van der Waals surface area contributed by atoms with E-state index in [0.717, 1.165) is 6.42 Å². The molecule has 1 aromatic rings. The van der Waals surface area contributed by atoms with Gasteiger partial charge < -0.3 is 0 Å². The maximum atomic E-state index is 2.41. The zero-order valence-corrected chi connectivity index (χ0v) is 18.9. The molecule has 142 valence electrons. The van der Waals surface area contributed by atoms with Crippen molar-refractivity contribution in [2.45, 2.75) is 78.8 Å². The molecule has 0 heterocycles. The average Bonchev–Trinajstić information content (AvgIpc) is 2.56. The second-order valence-corrected chi connectivity index (χ2v) is 11.2. The zero-order valence-electron chi connectivity index (χ0n) is 16.4. The van der Waals surface area contributed by atoms with Crippen LogP contribution < -0.4 is 0 Å². The van der Waals surface area contributed by atoms with Crippen molar-refractivity contribution in [3.63, 3.8) is 0 Å². The van der Waals surface area contributed by atoms with Crippen molar-refractivity contribution in [3.8, 4) is 0 Å². The van der Waals surface area contributed by atoms with Gasteiger partial charge in [-0.1, -0.05) is 71.2 Å². The van der Waals surface area contributed by atoms with Crippen molar-refractivity contribution in [1.82, 2.24) is 0 Å². The molecule has 0 aliphatic heterocycles. The summed E-state index contributed by atoms with van der Waals surface area (Å²) in [5, 5.41) is 0. The van der Waals surface area contributed by atoms with Gasteiger partial charge in [-0.25, -0.2) is 0 Å². The van der Waals surface area contributed by atoms with E-state index in [0.29, 0.717) is 0 Å². The molecule has 0 saturated heterocycles. The molecule has 0 fully saturated rings. The molecule has 1 aromatic carbocycles. The van der Waals surface area contributed by atoms with Gasteiger partial charge in [0.1, 0.15) is 0 Å². The van der Waals surface area contributed by atoms with E-state index in [9.17, 15) is 0 Å². The first-order valence-corrected chi connectivity index (χ1v) is 12.2. The highest BCUT2D eigenvalue weighted by Crippen LogP contribution is 2.63. The van der Waals surface area contributed by atoms with Gasteiger partial charge in [-0.05, 0) is 36.8 Å². The number of unbranched alkanes of at least 4 members (excludes halogenated alkanes) is 3. The minimum atomic E-state index is -0.791. The second-order valence-electron chi connectivity index (χ2n) is 6.90. The molecule has 0 aliphatic rings. The van der Waals surface area contributed by atoms with Gasteiger partial charge in [-0.2, -0.15) is 0 Å². The highest BCUT2D eigenvalue weighted by atomic mass is 35.5. The van der Waals surface area contributed by atoms with Crippen LogP contribution >= 0.6 is 32.1 Å². The molecule has 0 spiro atoms. The fourth-order valence-electron chi connectivity index (χ4n) is 3.32. The van der Waals surface area contributed by atoms with Crippen LogP contribution in [0, 0.1) is 0 Å². The van der Waals surface area contributed by atoms with Gasteiger partial charge in [0, 0.05) is 7.26 Å². The maximum absolute atomic E-state index is 2.41. The van der Waals surface area contributed by atoms with Crippen LogP contribution in [0.1, 0.15) is 77.3 Å². The van der Waals surface area contributed by atoms with E-state index in [-0.39, 0.29) is 24.8 Å². The standard InChI is InChI=1S/C21H38P.2ClH/c1-5-9-16-22(17-10-6-2,18-11-7-3)19-21-14-12-20(8-4)13-15-21;;/h12-15H,5-11,16-19H2,1-4H3;2*1H/q+1;;. The first kappa shape index (κ1) is 26.5. The van der Waals surface area contributed by atoms with Crippen molar-refractivity contribution in [3.05, 3.63) is 35.4 Å². The number of halogens is 2. The van der Waals surface area contributed by atoms with Crippen molar-refractivity contribution in [2.75, 3.05) is 18.5 Å². The Balaban J connectivity index is 0. The molecule has 1 rings (SSSR count). The molecular formula is C21H40Cl2P+. The lowest BCUT2D eigenvalue weighted by atomic mass is 10.1. The number of rotatable bonds is 12. The van der Waals surface area contributed by atoms with Gasteiger partial charge in [0.15, 0.2) is 0 Å². The Labute approximate surface area is 164 Å². The molecule has 0 N–H and O–H groups in total. The average molecular weight is 394 g/mol. The van der Waals surface area contributed by atoms with Crippen LogP contribution in [-0.2, 0) is 12.6 Å². The second kappa shape index (κ2) is 15.5. The predicted molar refractivity (Wildman–Crippen MR) is 120 cm³/mol. The number of benzene rings is 1. The lowest BCUT2D eigenvalue weighted by Crippen LogP contribution is -2.11. The third kappa shape index (κ3) is 9.65. The molecule has 3 heteroatoms. The summed E-state index contributed by atoms with van der Waals surface area (Å²) in [5.41, 5.74) is 3.08. The highest BCUT2D eigenvalue weighted by molar-refractivity contribution is 7.75. The van der Waals surface area contributed by atoms with Crippen LogP contribution in [0.2, 0.25) is 0 Å². The van der Waals surface area contributed by atoms with E-state index < -0.39 is 7.26 Å². The monoisotopic (exact) mass is 393 g/mol. The van der Waals surface area contributed by atoms with E-state index in [2.05, 4.69) is 52.0 Å². The van der Waals surface area contributed by atoms with Crippen LogP contribution in [0.5, 0.6) is 0 Å². The van der Waals surface area contributed by atoms with Crippen LogP contribution in [0.15, 0.2) is 24.3 Å². The minimum absolute atomic E-state index is 0. The summed E-state index contributed by atoms with van der Waals surface area (Å²) in [5.74, 6) is 0. The Morgan fingerprint density at radius 2 is 1.00 bits per heavy atom. The Hall–Kier alpha value is 0.230. The molecule has 0 aromatic heterocycles. The summed E-state index contributed by atoms with van der Waals surface area (Å²) in [6.45, 7) is 9.30. The normalized spacial score (nSPS) is 10.8. The summed E-state index contributed by atoms with van der Waals surface area (Å²) in [6.07, 6.45) is 15.5. The third-order valence-corrected chi connectivity index (χ3v) is 9.74. The highest BCUT2D eigenvalue weighted by Gasteiger charge is 2.35. The number of aryl methyl sites for hydroxylation is 1. The Bertz CT molecular complexity index is 368. The predicted octanol–water partition coefficient (Wildman–Crippen LogP) is 8.01. The van der Waals surface area contributed by atoms with Gasteiger partial charge in [0.25, 0.3) is 0 Å². The molecule has 0 aliphatic carbocycles. The van der Waals surface area contributed by atoms with Crippen molar-refractivity contribution in [1.29, 1.82) is 0 Å². The van der Waals surface area contributed by atoms with E-state index in [1.807, 2.05) is 0 Å². The zero-order chi connectivity index (χ0) is 16.3. The number of hydrogen-bond acceptors (Lipinski definition) is 0. The molecule has 0 bridgehead atoms. The van der Waals surface area contributed by atoms with Gasteiger partial charge in [-0.15, -0.1) is 24.8 Å². The van der Waals surface area contributed by atoms with Crippen molar-refractivity contribution in [2.24, 2.45) is 0 Å². The van der Waals surface area contributed by atoms with E-state index in [1.165, 1.54) is 68.7 Å².